The van der Waals surface area contributed by atoms with Crippen LogP contribution in [-0.4, -0.2) is 64.3 Å². The third kappa shape index (κ3) is 7.62. The number of pyridine rings is 1. The molecule has 2 N–H and O–H groups in total. The van der Waals surface area contributed by atoms with Gasteiger partial charge in [0.25, 0.3) is 5.91 Å². The second-order valence-corrected chi connectivity index (χ2v) is 11.3. The fraction of sp³-hybridized carbons (Fsp3) is 0.370. The van der Waals surface area contributed by atoms with Crippen LogP contribution in [0.4, 0.5) is 46.5 Å². The molecule has 1 aliphatic heterocycles. The van der Waals surface area contributed by atoms with E-state index in [1.54, 1.807) is 4.90 Å². The molecule has 1 saturated heterocycles. The number of anilines is 2. The van der Waals surface area contributed by atoms with Gasteiger partial charge in [-0.15, -0.1) is 0 Å². The molecule has 9 nitrogen and oxygen atoms in total. The number of carbonyl (C=O) groups excluding carboxylic acids is 3. The van der Waals surface area contributed by atoms with E-state index in [4.69, 9.17) is 0 Å². The van der Waals surface area contributed by atoms with Crippen molar-refractivity contribution < 1.29 is 45.1 Å². The minimum atomic E-state index is -5.04. The molecule has 3 aromatic rings. The van der Waals surface area contributed by atoms with Crippen molar-refractivity contribution in [2.45, 2.75) is 38.2 Å². The highest BCUT2D eigenvalue weighted by molar-refractivity contribution is 7.18. The summed E-state index contributed by atoms with van der Waals surface area (Å²) in [5.41, 5.74) is -4.27. The first-order chi connectivity index (χ1) is 20.5. The van der Waals surface area contributed by atoms with Crippen molar-refractivity contribution in [1.29, 1.82) is 0 Å². The van der Waals surface area contributed by atoms with Gasteiger partial charge in [-0.05, 0) is 56.7 Å². The van der Waals surface area contributed by atoms with Gasteiger partial charge in [0.2, 0.25) is 5.78 Å². The fourth-order valence-corrected chi connectivity index (χ4v) is 5.14. The molecule has 44 heavy (non-hydrogen) atoms. The number of urea groups is 1. The lowest BCUT2D eigenvalue weighted by Crippen LogP contribution is -2.56. The predicted molar refractivity (Wildman–Crippen MR) is 146 cm³/mol. The Bertz CT molecular complexity index is 1520. The zero-order chi connectivity index (χ0) is 32.4. The molecule has 0 radical (unpaired) electrons. The second kappa shape index (κ2) is 12.4. The zero-order valence-electron chi connectivity index (χ0n) is 23.1. The summed E-state index contributed by atoms with van der Waals surface area (Å²) < 4.78 is 92.8. The molecule has 0 unspecified atom stereocenters. The van der Waals surface area contributed by atoms with E-state index in [1.807, 2.05) is 0 Å². The van der Waals surface area contributed by atoms with Gasteiger partial charge in [0.15, 0.2) is 10.8 Å². The minimum absolute atomic E-state index is 0.141. The van der Waals surface area contributed by atoms with Crippen molar-refractivity contribution in [3.05, 3.63) is 70.1 Å². The number of carbonyl (C=O) groups is 3. The summed E-state index contributed by atoms with van der Waals surface area (Å²) in [6, 6.07) is 5.39. The summed E-state index contributed by atoms with van der Waals surface area (Å²) >= 11 is 0.285. The molecule has 4 rings (SSSR count). The Labute approximate surface area is 250 Å². The molecule has 236 valence electrons. The normalized spacial score (nSPS) is 14.7. The lowest BCUT2D eigenvalue weighted by molar-refractivity contribution is -0.141. The Morgan fingerprint density at radius 1 is 0.886 bits per heavy atom. The Morgan fingerprint density at radius 2 is 1.57 bits per heavy atom. The topological polar surface area (TPSA) is 108 Å². The van der Waals surface area contributed by atoms with Crippen LogP contribution in [0, 0.1) is 5.82 Å². The number of thiazole rings is 1. The highest BCUT2D eigenvalue weighted by Crippen LogP contribution is 2.37. The van der Waals surface area contributed by atoms with Crippen LogP contribution in [0.3, 0.4) is 0 Å². The number of hydrogen-bond acceptors (Lipinski definition) is 7. The molecule has 0 spiro atoms. The number of rotatable bonds is 6. The third-order valence-corrected chi connectivity index (χ3v) is 7.57. The number of ketones is 1. The van der Waals surface area contributed by atoms with Gasteiger partial charge in [-0.1, -0.05) is 11.3 Å². The Kier molecular flexibility index (Phi) is 9.18. The number of nitrogens with zero attached hydrogens (tertiary/aromatic N) is 4. The van der Waals surface area contributed by atoms with E-state index in [2.05, 4.69) is 20.6 Å². The second-order valence-electron chi connectivity index (χ2n) is 10.3. The summed E-state index contributed by atoms with van der Waals surface area (Å²) in [5.74, 6) is -2.36. The monoisotopic (exact) mass is 646 g/mol. The molecule has 17 heteroatoms. The maximum atomic E-state index is 13.7. The van der Waals surface area contributed by atoms with Crippen LogP contribution in [0.25, 0.3) is 0 Å². The number of amides is 3. The maximum Gasteiger partial charge on any atom is 0.435 e. The van der Waals surface area contributed by atoms with E-state index >= 15 is 0 Å². The van der Waals surface area contributed by atoms with E-state index < -0.39 is 62.7 Å². The highest BCUT2D eigenvalue weighted by atomic mass is 32.1. The molecule has 0 saturated carbocycles. The van der Waals surface area contributed by atoms with Crippen molar-refractivity contribution in [2.75, 3.05) is 36.4 Å². The molecular formula is C27H25F7N6O3S. The van der Waals surface area contributed by atoms with Gasteiger partial charge in [-0.25, -0.2) is 19.2 Å². The molecule has 1 aromatic carbocycles. The van der Waals surface area contributed by atoms with Crippen molar-refractivity contribution in [1.82, 2.24) is 20.2 Å². The van der Waals surface area contributed by atoms with Crippen LogP contribution in [0.2, 0.25) is 0 Å². The number of aromatic nitrogens is 2. The fourth-order valence-electron chi connectivity index (χ4n) is 4.20. The highest BCUT2D eigenvalue weighted by Gasteiger charge is 2.41. The van der Waals surface area contributed by atoms with Crippen LogP contribution in [0.15, 0.2) is 42.6 Å². The first-order valence-electron chi connectivity index (χ1n) is 13.0. The smallest absolute Gasteiger partial charge is 0.355 e. The van der Waals surface area contributed by atoms with Gasteiger partial charge in [0.05, 0.1) is 5.56 Å². The molecule has 3 amide bonds. The lowest BCUT2D eigenvalue weighted by Gasteiger charge is -2.29. The molecule has 2 aromatic heterocycles. The van der Waals surface area contributed by atoms with Gasteiger partial charge >= 0.3 is 18.4 Å². The van der Waals surface area contributed by atoms with Gasteiger partial charge in [-0.2, -0.15) is 26.3 Å². The molecule has 0 aliphatic carbocycles. The van der Waals surface area contributed by atoms with Crippen LogP contribution >= 0.6 is 11.3 Å². The largest absolute Gasteiger partial charge is 0.435 e. The average molecular weight is 647 g/mol. The standard InChI is InChI=1S/C27H25F7N6O3S/c1-25(2,38-24(43)40-11-3-10-39(12-13-40)18-9-6-16(14-35-18)26(29,30)31)22(42)37-23-36-21(27(32,33)34)20(44-23)19(41)15-4-7-17(28)8-5-15/h4-9,14H,3,10-13H2,1-2H3,(H,38,43)(H,36,37,42). The quantitative estimate of drug-likeness (QED) is 0.268. The average Bonchev–Trinajstić information content (AvgIpc) is 3.21. The molecule has 1 fully saturated rings. The Hall–Kier alpha value is -4.28. The van der Waals surface area contributed by atoms with Crippen LogP contribution in [0.1, 0.15) is 46.8 Å². The summed E-state index contributed by atoms with van der Waals surface area (Å²) in [6.07, 6.45) is -8.40. The van der Waals surface area contributed by atoms with Gasteiger partial charge in [0, 0.05) is 37.9 Å². The summed E-state index contributed by atoms with van der Waals surface area (Å²) in [7, 11) is 0. The first kappa shape index (κ1) is 32.6. The maximum absolute atomic E-state index is 13.7. The summed E-state index contributed by atoms with van der Waals surface area (Å²) in [6.45, 7) is 3.66. The SMILES string of the molecule is CC(C)(NC(=O)N1CCCN(c2ccc(C(F)(F)F)cn2)CC1)C(=O)Nc1nc(C(F)(F)F)c(C(=O)c2ccc(F)cc2)s1. The summed E-state index contributed by atoms with van der Waals surface area (Å²) in [5, 5.41) is 4.21. The van der Waals surface area contributed by atoms with E-state index in [0.29, 0.717) is 18.8 Å². The Morgan fingerprint density at radius 3 is 2.16 bits per heavy atom. The number of alkyl halides is 6. The number of nitrogens with one attached hydrogen (secondary N) is 2. The van der Waals surface area contributed by atoms with Crippen LogP contribution < -0.4 is 15.5 Å². The van der Waals surface area contributed by atoms with Crippen molar-refractivity contribution in [3.63, 3.8) is 0 Å². The van der Waals surface area contributed by atoms with Crippen molar-refractivity contribution >= 4 is 40.0 Å². The van der Waals surface area contributed by atoms with Gasteiger partial charge < -0.3 is 15.1 Å². The van der Waals surface area contributed by atoms with Crippen LogP contribution in [-0.2, 0) is 17.1 Å². The molecule has 0 bridgehead atoms. The van der Waals surface area contributed by atoms with E-state index in [9.17, 15) is 45.1 Å². The molecular weight excluding hydrogens is 621 g/mol. The summed E-state index contributed by atoms with van der Waals surface area (Å²) in [4.78, 5) is 48.4. The number of hydrogen-bond donors (Lipinski definition) is 2. The first-order valence-corrected chi connectivity index (χ1v) is 13.8. The molecule has 0 atom stereocenters. The van der Waals surface area contributed by atoms with Gasteiger partial charge in [0.1, 0.15) is 22.1 Å². The van der Waals surface area contributed by atoms with E-state index in [0.717, 1.165) is 36.5 Å². The van der Waals surface area contributed by atoms with Crippen molar-refractivity contribution in [3.8, 4) is 0 Å². The van der Waals surface area contributed by atoms with Gasteiger partial charge in [-0.3, -0.25) is 14.9 Å². The van der Waals surface area contributed by atoms with Crippen molar-refractivity contribution in [2.24, 2.45) is 0 Å². The number of benzene rings is 1. The molecule has 3 heterocycles. The molecule has 1 aliphatic rings. The lowest BCUT2D eigenvalue weighted by atomic mass is 10.1. The number of halogens is 7. The minimum Gasteiger partial charge on any atom is -0.355 e. The predicted octanol–water partition coefficient (Wildman–Crippen LogP) is 5.58. The Balaban J connectivity index is 1.41. The van der Waals surface area contributed by atoms with E-state index in [-0.39, 0.29) is 36.5 Å². The van der Waals surface area contributed by atoms with E-state index in [1.165, 1.54) is 24.8 Å². The van der Waals surface area contributed by atoms with Crippen LogP contribution in [0.5, 0.6) is 0 Å². The zero-order valence-corrected chi connectivity index (χ0v) is 24.0. The third-order valence-electron chi connectivity index (χ3n) is 6.60.